The van der Waals surface area contributed by atoms with Gasteiger partial charge in [-0.15, -0.1) is 12.4 Å². The lowest BCUT2D eigenvalue weighted by Crippen LogP contribution is -2.35. The minimum absolute atomic E-state index is 0. The van der Waals surface area contributed by atoms with Crippen LogP contribution in [0.25, 0.3) is 0 Å². The maximum absolute atomic E-state index is 12.1. The van der Waals surface area contributed by atoms with Crippen LogP contribution in [0, 0.1) is 18.8 Å². The van der Waals surface area contributed by atoms with E-state index >= 15 is 0 Å². The van der Waals surface area contributed by atoms with E-state index in [9.17, 15) is 4.79 Å². The fraction of sp³-hybridized carbons (Fsp3) is 0.474. The number of alkyl carbamates (subject to hydrolysis) is 1. The number of hydrogen-bond acceptors (Lipinski definition) is 5. The van der Waals surface area contributed by atoms with Gasteiger partial charge in [0.15, 0.2) is 0 Å². The molecule has 2 fully saturated rings. The number of benzene rings is 1. The number of hydrogen-bond donors (Lipinski definition) is 2. The first kappa shape index (κ1) is 18.7. The van der Waals surface area contributed by atoms with Gasteiger partial charge in [0.25, 0.3) is 0 Å². The van der Waals surface area contributed by atoms with Crippen LogP contribution in [-0.4, -0.2) is 30.9 Å². The Morgan fingerprint density at radius 2 is 2.19 bits per heavy atom. The van der Waals surface area contributed by atoms with Gasteiger partial charge in [-0.2, -0.15) is 0 Å². The summed E-state index contributed by atoms with van der Waals surface area (Å²) in [6.07, 6.45) is 0.696. The van der Waals surface area contributed by atoms with Gasteiger partial charge >= 0.3 is 6.09 Å². The minimum Gasteiger partial charge on any atom is -0.445 e. The van der Waals surface area contributed by atoms with E-state index in [-0.39, 0.29) is 24.4 Å². The second kappa shape index (κ2) is 7.68. The van der Waals surface area contributed by atoms with Crippen molar-refractivity contribution < 1.29 is 14.1 Å². The monoisotopic (exact) mass is 377 g/mol. The van der Waals surface area contributed by atoms with Gasteiger partial charge in [0, 0.05) is 12.6 Å². The fourth-order valence-electron chi connectivity index (χ4n) is 4.19. The summed E-state index contributed by atoms with van der Waals surface area (Å²) in [5, 5.41) is 10.4. The van der Waals surface area contributed by atoms with Gasteiger partial charge in [-0.1, -0.05) is 35.5 Å². The number of amides is 1. The van der Waals surface area contributed by atoms with Crippen molar-refractivity contribution in [2.45, 2.75) is 25.4 Å². The lowest BCUT2D eigenvalue weighted by atomic mass is 9.97. The molecular weight excluding hydrogens is 354 g/mol. The zero-order chi connectivity index (χ0) is 17.3. The molecule has 2 aliphatic rings. The lowest BCUT2D eigenvalue weighted by molar-refractivity contribution is 0.137. The Labute approximate surface area is 159 Å². The number of aromatic nitrogens is 1. The van der Waals surface area contributed by atoms with E-state index in [4.69, 9.17) is 9.26 Å². The molecule has 1 aliphatic heterocycles. The molecule has 2 N–H and O–H groups in total. The van der Waals surface area contributed by atoms with Crippen LogP contribution in [0.4, 0.5) is 4.79 Å². The molecule has 0 bridgehead atoms. The summed E-state index contributed by atoms with van der Waals surface area (Å²) in [6.45, 7) is 4.67. The second-order valence-electron chi connectivity index (χ2n) is 6.99. The predicted octanol–water partition coefficient (Wildman–Crippen LogP) is 2.81. The van der Waals surface area contributed by atoms with Crippen LogP contribution in [0.1, 0.15) is 23.4 Å². The number of fused-ring (bicyclic) bond motifs is 1. The summed E-state index contributed by atoms with van der Waals surface area (Å²) < 4.78 is 10.9. The molecule has 1 saturated heterocycles. The Balaban J connectivity index is 0.00000196. The Morgan fingerprint density at radius 1 is 1.38 bits per heavy atom. The number of rotatable bonds is 5. The van der Waals surface area contributed by atoms with Gasteiger partial charge in [0.05, 0.1) is 11.1 Å². The van der Waals surface area contributed by atoms with Crippen LogP contribution in [-0.2, 0) is 16.8 Å². The van der Waals surface area contributed by atoms with Gasteiger partial charge in [0.2, 0.25) is 0 Å². The molecular formula is C19H24ClN3O3. The summed E-state index contributed by atoms with van der Waals surface area (Å²) in [6, 6.07) is 11.7. The van der Waals surface area contributed by atoms with Crippen molar-refractivity contribution in [3.63, 3.8) is 0 Å². The quantitative estimate of drug-likeness (QED) is 0.837. The number of aryl methyl sites for hydroxylation is 1. The van der Waals surface area contributed by atoms with Gasteiger partial charge in [-0.3, -0.25) is 0 Å². The van der Waals surface area contributed by atoms with E-state index in [2.05, 4.69) is 15.8 Å². The third-order valence-corrected chi connectivity index (χ3v) is 5.52. The average molecular weight is 378 g/mol. The summed E-state index contributed by atoms with van der Waals surface area (Å²) in [4.78, 5) is 12.1. The van der Waals surface area contributed by atoms with Crippen molar-refractivity contribution in [1.29, 1.82) is 0 Å². The highest BCUT2D eigenvalue weighted by atomic mass is 35.5. The van der Waals surface area contributed by atoms with E-state index in [0.717, 1.165) is 36.5 Å². The van der Waals surface area contributed by atoms with E-state index in [0.29, 0.717) is 18.4 Å². The van der Waals surface area contributed by atoms with Gasteiger partial charge < -0.3 is 19.9 Å². The molecule has 1 aromatic heterocycles. The molecule has 0 spiro atoms. The molecule has 3 atom stereocenters. The van der Waals surface area contributed by atoms with Crippen LogP contribution >= 0.6 is 12.4 Å². The first-order chi connectivity index (χ1) is 12.2. The second-order valence-corrected chi connectivity index (χ2v) is 6.99. The molecule has 2 aromatic rings. The zero-order valence-electron chi connectivity index (χ0n) is 14.7. The van der Waals surface area contributed by atoms with Crippen LogP contribution in [0.15, 0.2) is 40.9 Å². The van der Waals surface area contributed by atoms with E-state index < -0.39 is 6.09 Å². The number of halogens is 1. The fourth-order valence-corrected chi connectivity index (χ4v) is 4.19. The molecule has 6 nitrogen and oxygen atoms in total. The van der Waals surface area contributed by atoms with Crippen molar-refractivity contribution in [3.8, 4) is 0 Å². The summed E-state index contributed by atoms with van der Waals surface area (Å²) in [7, 11) is 0. The van der Waals surface area contributed by atoms with Gasteiger partial charge in [-0.25, -0.2) is 4.79 Å². The number of carbonyl (C=O) groups excluding carboxylic acids is 1. The topological polar surface area (TPSA) is 76.4 Å². The molecule has 7 heteroatoms. The number of carbonyl (C=O) groups is 1. The summed E-state index contributed by atoms with van der Waals surface area (Å²) >= 11 is 0. The van der Waals surface area contributed by atoms with E-state index in [1.165, 1.54) is 0 Å². The first-order valence-corrected chi connectivity index (χ1v) is 8.79. The van der Waals surface area contributed by atoms with Gasteiger partial charge in [0.1, 0.15) is 12.4 Å². The smallest absolute Gasteiger partial charge is 0.407 e. The van der Waals surface area contributed by atoms with E-state index in [1.807, 2.05) is 43.3 Å². The largest absolute Gasteiger partial charge is 0.445 e. The number of nitrogens with one attached hydrogen (secondary N) is 2. The standard InChI is InChI=1S/C19H23N3O3.ClH/c1-13-9-17(25-22-13)19(15-7-8-20-10-16(15)19)12-21-18(23)24-11-14-5-3-2-4-6-14;/h2-6,9,15-16,20H,7-8,10-12H2,1H3,(H,21,23);1H. The number of piperidine rings is 1. The third kappa shape index (κ3) is 3.44. The Morgan fingerprint density at radius 3 is 2.85 bits per heavy atom. The Hall–Kier alpha value is -2.05. The number of ether oxygens (including phenoxy) is 1. The molecule has 140 valence electrons. The molecule has 1 saturated carbocycles. The molecule has 1 aromatic carbocycles. The van der Waals surface area contributed by atoms with Crippen molar-refractivity contribution in [3.05, 3.63) is 53.4 Å². The SMILES string of the molecule is Cc1cc(C2(CNC(=O)OCc3ccccc3)C3CCNCC32)on1.Cl. The van der Waals surface area contributed by atoms with E-state index in [1.54, 1.807) is 0 Å². The van der Waals surface area contributed by atoms with Crippen LogP contribution < -0.4 is 10.6 Å². The highest BCUT2D eigenvalue weighted by Crippen LogP contribution is 2.62. The Bertz CT molecular complexity index is 737. The number of nitrogens with zero attached hydrogens (tertiary/aromatic N) is 1. The maximum atomic E-state index is 12.1. The molecule has 0 radical (unpaired) electrons. The average Bonchev–Trinajstić information content (AvgIpc) is 3.10. The summed E-state index contributed by atoms with van der Waals surface area (Å²) in [5.74, 6) is 1.88. The molecule has 1 aliphatic carbocycles. The molecule has 4 rings (SSSR count). The molecule has 2 heterocycles. The van der Waals surface area contributed by atoms with Crippen molar-refractivity contribution in [1.82, 2.24) is 15.8 Å². The van der Waals surface area contributed by atoms with Crippen molar-refractivity contribution in [2.75, 3.05) is 19.6 Å². The predicted molar refractivity (Wildman–Crippen MR) is 99.3 cm³/mol. The molecule has 26 heavy (non-hydrogen) atoms. The van der Waals surface area contributed by atoms with Crippen LogP contribution in [0.3, 0.4) is 0 Å². The first-order valence-electron chi connectivity index (χ1n) is 8.79. The molecule has 1 amide bonds. The minimum atomic E-state index is -0.393. The highest BCUT2D eigenvalue weighted by Gasteiger charge is 2.67. The summed E-state index contributed by atoms with van der Waals surface area (Å²) in [5.41, 5.74) is 1.69. The molecule has 3 unspecified atom stereocenters. The maximum Gasteiger partial charge on any atom is 0.407 e. The zero-order valence-corrected chi connectivity index (χ0v) is 15.6. The third-order valence-electron chi connectivity index (χ3n) is 5.52. The van der Waals surface area contributed by atoms with Crippen molar-refractivity contribution in [2.24, 2.45) is 11.8 Å². The van der Waals surface area contributed by atoms with Gasteiger partial charge in [-0.05, 0) is 43.8 Å². The Kier molecular flexibility index (Phi) is 5.53. The van der Waals surface area contributed by atoms with Crippen LogP contribution in [0.2, 0.25) is 0 Å². The highest BCUT2D eigenvalue weighted by molar-refractivity contribution is 5.85. The normalized spacial score (nSPS) is 26.3. The van der Waals surface area contributed by atoms with Crippen LogP contribution in [0.5, 0.6) is 0 Å². The van der Waals surface area contributed by atoms with Crippen molar-refractivity contribution >= 4 is 18.5 Å². The lowest BCUT2D eigenvalue weighted by Gasteiger charge is -2.15.